The van der Waals surface area contributed by atoms with Gasteiger partial charge in [-0.15, -0.1) is 20.4 Å². The topological polar surface area (TPSA) is 114 Å². The summed E-state index contributed by atoms with van der Waals surface area (Å²) in [6.07, 6.45) is 1.92. The first-order valence-electron chi connectivity index (χ1n) is 7.15. The minimum absolute atomic E-state index is 0.306. The highest BCUT2D eigenvalue weighted by molar-refractivity contribution is 5.38. The van der Waals surface area contributed by atoms with Crippen molar-refractivity contribution in [3.63, 3.8) is 0 Å². The summed E-state index contributed by atoms with van der Waals surface area (Å²) in [7, 11) is 1.94. The summed E-state index contributed by atoms with van der Waals surface area (Å²) in [5, 5.41) is 36.0. The van der Waals surface area contributed by atoms with Gasteiger partial charge in [0.15, 0.2) is 17.2 Å². The monoisotopic (exact) mass is 308 g/mol. The lowest BCUT2D eigenvalue weighted by atomic mass is 10.3. The second-order valence-electron chi connectivity index (χ2n) is 4.86. The van der Waals surface area contributed by atoms with Gasteiger partial charge in [0, 0.05) is 20.1 Å². The molecule has 8 heteroatoms. The zero-order valence-electron chi connectivity index (χ0n) is 12.8. The van der Waals surface area contributed by atoms with E-state index in [2.05, 4.69) is 25.7 Å². The van der Waals surface area contributed by atoms with Crippen molar-refractivity contribution in [2.75, 3.05) is 30.4 Å². The fourth-order valence-corrected chi connectivity index (χ4v) is 1.88. The Balaban J connectivity index is 1.68. The van der Waals surface area contributed by atoms with E-state index in [1.54, 1.807) is 24.3 Å². The first-order chi connectivity index (χ1) is 11.2. The third kappa shape index (κ3) is 4.90. The summed E-state index contributed by atoms with van der Waals surface area (Å²) in [5.41, 5.74) is 0.621. The number of hydrogen-bond donors (Lipinski definition) is 1. The molecule has 2 rings (SSSR count). The van der Waals surface area contributed by atoms with Gasteiger partial charge in [-0.25, -0.2) is 0 Å². The Morgan fingerprint density at radius 1 is 0.957 bits per heavy atom. The Kier molecular flexibility index (Phi) is 5.78. The van der Waals surface area contributed by atoms with Crippen LogP contribution in [0.3, 0.4) is 0 Å². The van der Waals surface area contributed by atoms with Crippen molar-refractivity contribution >= 4 is 11.6 Å². The molecule has 0 atom stereocenters. The highest BCUT2D eigenvalue weighted by atomic mass is 15.2. The fraction of sp³-hybridized carbons (Fsp3) is 0.333. The standard InChI is InChI=1S/C15H16N8/c1-23(15-7-5-13(11-17)20-22-15)9-3-2-8-18-14-6-4-12(10-16)19-21-14/h4-7H,2-3,8-9H2,1H3,(H,18,21). The highest BCUT2D eigenvalue weighted by Gasteiger charge is 2.03. The maximum absolute atomic E-state index is 8.69. The van der Waals surface area contributed by atoms with Crippen LogP contribution in [0.1, 0.15) is 24.2 Å². The normalized spacial score (nSPS) is 9.70. The molecule has 0 spiro atoms. The average Bonchev–Trinajstić information content (AvgIpc) is 2.62. The molecule has 8 nitrogen and oxygen atoms in total. The molecule has 0 aliphatic carbocycles. The number of anilines is 2. The van der Waals surface area contributed by atoms with Crippen molar-refractivity contribution in [2.24, 2.45) is 0 Å². The zero-order chi connectivity index (χ0) is 16.5. The molecule has 0 amide bonds. The molecule has 0 aliphatic heterocycles. The van der Waals surface area contributed by atoms with Gasteiger partial charge >= 0.3 is 0 Å². The molecule has 0 radical (unpaired) electrons. The van der Waals surface area contributed by atoms with Crippen molar-refractivity contribution in [1.29, 1.82) is 10.5 Å². The van der Waals surface area contributed by atoms with Crippen LogP contribution >= 0.6 is 0 Å². The second-order valence-corrected chi connectivity index (χ2v) is 4.86. The van der Waals surface area contributed by atoms with E-state index in [-0.39, 0.29) is 0 Å². The second kappa shape index (κ2) is 8.25. The van der Waals surface area contributed by atoms with E-state index in [4.69, 9.17) is 10.5 Å². The van der Waals surface area contributed by atoms with Gasteiger partial charge in [0.2, 0.25) is 0 Å². The summed E-state index contributed by atoms with van der Waals surface area (Å²) in [6, 6.07) is 10.7. The van der Waals surface area contributed by atoms with Gasteiger partial charge in [-0.2, -0.15) is 10.5 Å². The first kappa shape index (κ1) is 16.1. The molecule has 0 bridgehead atoms. The summed E-state index contributed by atoms with van der Waals surface area (Å²) < 4.78 is 0. The molecule has 0 saturated carbocycles. The lowest BCUT2D eigenvalue weighted by Gasteiger charge is -2.17. The van der Waals surface area contributed by atoms with Crippen LogP contribution in [0, 0.1) is 22.7 Å². The van der Waals surface area contributed by atoms with Gasteiger partial charge in [0.05, 0.1) is 0 Å². The Morgan fingerprint density at radius 3 is 2.22 bits per heavy atom. The number of rotatable bonds is 7. The molecule has 0 fully saturated rings. The molecule has 1 N–H and O–H groups in total. The molecule has 2 aromatic heterocycles. The van der Waals surface area contributed by atoms with Gasteiger partial charge in [-0.1, -0.05) is 0 Å². The lowest BCUT2D eigenvalue weighted by Crippen LogP contribution is -2.20. The van der Waals surface area contributed by atoms with E-state index >= 15 is 0 Å². The first-order valence-corrected chi connectivity index (χ1v) is 7.15. The van der Waals surface area contributed by atoms with Crippen LogP contribution in [0.15, 0.2) is 24.3 Å². The van der Waals surface area contributed by atoms with Gasteiger partial charge in [-0.05, 0) is 37.1 Å². The number of hydrogen-bond acceptors (Lipinski definition) is 8. The van der Waals surface area contributed by atoms with Crippen LogP contribution in [-0.2, 0) is 0 Å². The highest BCUT2D eigenvalue weighted by Crippen LogP contribution is 2.08. The SMILES string of the molecule is CN(CCCCNc1ccc(C#N)nn1)c1ccc(C#N)nn1. The average molecular weight is 308 g/mol. The lowest BCUT2D eigenvalue weighted by molar-refractivity contribution is 0.730. The van der Waals surface area contributed by atoms with E-state index in [0.717, 1.165) is 31.7 Å². The maximum Gasteiger partial charge on any atom is 0.163 e. The minimum atomic E-state index is 0.306. The molecule has 2 heterocycles. The summed E-state index contributed by atoms with van der Waals surface area (Å²) in [6.45, 7) is 1.61. The molecule has 2 aromatic rings. The van der Waals surface area contributed by atoms with Crippen molar-refractivity contribution in [3.05, 3.63) is 35.7 Å². The minimum Gasteiger partial charge on any atom is -0.369 e. The predicted molar refractivity (Wildman–Crippen MR) is 84.5 cm³/mol. The molecular formula is C15H16N8. The van der Waals surface area contributed by atoms with Gasteiger partial charge < -0.3 is 10.2 Å². The van der Waals surface area contributed by atoms with Crippen LogP contribution < -0.4 is 10.2 Å². The number of nitriles is 2. The van der Waals surface area contributed by atoms with E-state index < -0.39 is 0 Å². The molecule has 0 aromatic carbocycles. The Hall–Kier alpha value is -3.26. The van der Waals surface area contributed by atoms with Gasteiger partial charge in [0.25, 0.3) is 0 Å². The third-order valence-corrected chi connectivity index (χ3v) is 3.16. The van der Waals surface area contributed by atoms with Gasteiger partial charge in [-0.3, -0.25) is 0 Å². The quantitative estimate of drug-likeness (QED) is 0.762. The van der Waals surface area contributed by atoms with Crippen LogP contribution in [0.5, 0.6) is 0 Å². The molecule has 0 unspecified atom stereocenters. The summed E-state index contributed by atoms with van der Waals surface area (Å²) in [5.74, 6) is 1.41. The van der Waals surface area contributed by atoms with Gasteiger partial charge in [0.1, 0.15) is 18.0 Å². The zero-order valence-corrected chi connectivity index (χ0v) is 12.8. The van der Waals surface area contributed by atoms with Crippen molar-refractivity contribution in [1.82, 2.24) is 20.4 Å². The largest absolute Gasteiger partial charge is 0.369 e. The Morgan fingerprint density at radius 2 is 1.65 bits per heavy atom. The van der Waals surface area contributed by atoms with E-state index in [1.807, 2.05) is 24.1 Å². The fourth-order valence-electron chi connectivity index (χ4n) is 1.88. The molecule has 0 aliphatic rings. The number of aromatic nitrogens is 4. The van der Waals surface area contributed by atoms with Crippen molar-refractivity contribution in [2.45, 2.75) is 12.8 Å². The third-order valence-electron chi connectivity index (χ3n) is 3.16. The van der Waals surface area contributed by atoms with Crippen LogP contribution in [0.2, 0.25) is 0 Å². The number of unbranched alkanes of at least 4 members (excludes halogenated alkanes) is 1. The van der Waals surface area contributed by atoms with E-state index in [9.17, 15) is 0 Å². The summed E-state index contributed by atoms with van der Waals surface area (Å²) >= 11 is 0. The number of nitrogens with zero attached hydrogens (tertiary/aromatic N) is 7. The van der Waals surface area contributed by atoms with E-state index in [1.165, 1.54) is 0 Å². The van der Waals surface area contributed by atoms with Crippen LogP contribution in [0.25, 0.3) is 0 Å². The molecule has 116 valence electrons. The van der Waals surface area contributed by atoms with Crippen molar-refractivity contribution in [3.8, 4) is 12.1 Å². The van der Waals surface area contributed by atoms with E-state index in [0.29, 0.717) is 17.2 Å². The maximum atomic E-state index is 8.69. The smallest absolute Gasteiger partial charge is 0.163 e. The molecule has 0 saturated heterocycles. The summed E-state index contributed by atoms with van der Waals surface area (Å²) in [4.78, 5) is 2.00. The molecular weight excluding hydrogens is 292 g/mol. The Labute approximate surface area is 134 Å². The van der Waals surface area contributed by atoms with Crippen LogP contribution in [-0.4, -0.2) is 40.5 Å². The predicted octanol–water partition coefficient (Wildman–Crippen LogP) is 1.34. The number of nitrogens with one attached hydrogen (secondary N) is 1. The molecule has 23 heavy (non-hydrogen) atoms. The Bertz CT molecular complexity index is 696. The van der Waals surface area contributed by atoms with Crippen molar-refractivity contribution < 1.29 is 0 Å². The van der Waals surface area contributed by atoms with Crippen LogP contribution in [0.4, 0.5) is 11.6 Å².